The molecule has 0 spiro atoms. The maximum absolute atomic E-state index is 5.51. The van der Waals surface area contributed by atoms with Crippen molar-refractivity contribution in [2.75, 3.05) is 25.5 Å². The number of hydrogen-bond donors (Lipinski definition) is 1. The summed E-state index contributed by atoms with van der Waals surface area (Å²) in [5.41, 5.74) is 6.73. The van der Waals surface area contributed by atoms with Gasteiger partial charge in [-0.05, 0) is 13.5 Å². The van der Waals surface area contributed by atoms with E-state index < -0.39 is 0 Å². The average molecular weight is 182 g/mol. The average Bonchev–Trinajstić information content (AvgIpc) is 2.48. The molecule has 0 atom stereocenters. The van der Waals surface area contributed by atoms with E-state index in [-0.39, 0.29) is 0 Å². The topological polar surface area (TPSA) is 47.1 Å². The van der Waals surface area contributed by atoms with Crippen molar-refractivity contribution in [2.45, 2.75) is 19.9 Å². The fourth-order valence-electron chi connectivity index (χ4n) is 1.45. The lowest BCUT2D eigenvalue weighted by Crippen LogP contribution is -2.17. The molecule has 1 heterocycles. The van der Waals surface area contributed by atoms with Crippen LogP contribution in [0, 0.1) is 0 Å². The van der Waals surface area contributed by atoms with Crippen LogP contribution in [0.15, 0.2) is 6.20 Å². The Balaban J connectivity index is 2.96. The summed E-state index contributed by atoms with van der Waals surface area (Å²) in [4.78, 5) is 6.36. The Labute approximate surface area is 79.4 Å². The van der Waals surface area contributed by atoms with E-state index in [1.165, 1.54) is 5.69 Å². The van der Waals surface area contributed by atoms with E-state index in [1.54, 1.807) is 0 Å². The highest BCUT2D eigenvalue weighted by molar-refractivity contribution is 5.31. The summed E-state index contributed by atoms with van der Waals surface area (Å²) >= 11 is 0. The summed E-state index contributed by atoms with van der Waals surface area (Å²) < 4.78 is 2.19. The molecule has 0 saturated heterocycles. The van der Waals surface area contributed by atoms with Crippen molar-refractivity contribution >= 4 is 5.95 Å². The standard InChI is InChI=1S/C9H18N4/c1-4-13-8(5-6-10)7-11-9(13)12(2)3/h7H,4-6,10H2,1-3H3. The van der Waals surface area contributed by atoms with Crippen molar-refractivity contribution in [1.29, 1.82) is 0 Å². The molecule has 0 aromatic carbocycles. The summed E-state index contributed by atoms with van der Waals surface area (Å²) in [6.45, 7) is 3.75. The van der Waals surface area contributed by atoms with Gasteiger partial charge in [-0.2, -0.15) is 0 Å². The molecule has 0 amide bonds. The number of rotatable bonds is 4. The third-order valence-electron chi connectivity index (χ3n) is 2.03. The Morgan fingerprint density at radius 3 is 2.69 bits per heavy atom. The maximum Gasteiger partial charge on any atom is 0.205 e. The van der Waals surface area contributed by atoms with Crippen molar-refractivity contribution in [2.24, 2.45) is 5.73 Å². The Morgan fingerprint density at radius 1 is 1.54 bits per heavy atom. The second-order valence-corrected chi connectivity index (χ2v) is 3.23. The molecule has 1 rings (SSSR count). The quantitative estimate of drug-likeness (QED) is 0.736. The zero-order chi connectivity index (χ0) is 9.84. The number of aromatic nitrogens is 2. The Morgan fingerprint density at radius 2 is 2.23 bits per heavy atom. The third kappa shape index (κ3) is 2.01. The molecular formula is C9H18N4. The Kier molecular flexibility index (Phi) is 3.31. The lowest BCUT2D eigenvalue weighted by molar-refractivity contribution is 0.699. The first-order chi connectivity index (χ1) is 6.20. The molecular weight excluding hydrogens is 164 g/mol. The van der Waals surface area contributed by atoms with Gasteiger partial charge in [0.2, 0.25) is 5.95 Å². The fourth-order valence-corrected chi connectivity index (χ4v) is 1.45. The predicted molar refractivity (Wildman–Crippen MR) is 55.0 cm³/mol. The number of nitrogens with zero attached hydrogens (tertiary/aromatic N) is 3. The van der Waals surface area contributed by atoms with Crippen molar-refractivity contribution in [3.63, 3.8) is 0 Å². The van der Waals surface area contributed by atoms with Gasteiger partial charge in [-0.15, -0.1) is 0 Å². The van der Waals surface area contributed by atoms with Crippen LogP contribution in [0.1, 0.15) is 12.6 Å². The van der Waals surface area contributed by atoms with Crippen molar-refractivity contribution in [1.82, 2.24) is 9.55 Å². The van der Waals surface area contributed by atoms with Crippen LogP contribution in [0.5, 0.6) is 0 Å². The van der Waals surface area contributed by atoms with Gasteiger partial charge >= 0.3 is 0 Å². The van der Waals surface area contributed by atoms with Gasteiger partial charge in [0.1, 0.15) is 0 Å². The lowest BCUT2D eigenvalue weighted by atomic mass is 10.3. The van der Waals surface area contributed by atoms with E-state index in [9.17, 15) is 0 Å². The summed E-state index contributed by atoms with van der Waals surface area (Å²) in [7, 11) is 4.00. The van der Waals surface area contributed by atoms with Crippen molar-refractivity contribution < 1.29 is 0 Å². The van der Waals surface area contributed by atoms with Gasteiger partial charge < -0.3 is 15.2 Å². The summed E-state index contributed by atoms with van der Waals surface area (Å²) in [5, 5.41) is 0. The zero-order valence-electron chi connectivity index (χ0n) is 8.62. The highest BCUT2D eigenvalue weighted by Crippen LogP contribution is 2.13. The Bertz CT molecular complexity index is 265. The number of anilines is 1. The lowest BCUT2D eigenvalue weighted by Gasteiger charge is -2.14. The first-order valence-corrected chi connectivity index (χ1v) is 4.62. The van der Waals surface area contributed by atoms with Crippen LogP contribution in [0.4, 0.5) is 5.95 Å². The monoisotopic (exact) mass is 182 g/mol. The molecule has 0 saturated carbocycles. The normalized spacial score (nSPS) is 10.5. The summed E-state index contributed by atoms with van der Waals surface area (Å²) in [6.07, 6.45) is 2.81. The van der Waals surface area contributed by atoms with Crippen LogP contribution in [-0.4, -0.2) is 30.2 Å². The number of hydrogen-bond acceptors (Lipinski definition) is 3. The van der Waals surface area contributed by atoms with Gasteiger partial charge in [-0.25, -0.2) is 4.98 Å². The third-order valence-corrected chi connectivity index (χ3v) is 2.03. The summed E-state index contributed by atoms with van der Waals surface area (Å²) in [6, 6.07) is 0. The first-order valence-electron chi connectivity index (χ1n) is 4.62. The minimum atomic E-state index is 0.679. The summed E-state index contributed by atoms with van der Waals surface area (Å²) in [5.74, 6) is 1.01. The van der Waals surface area contributed by atoms with E-state index in [1.807, 2.05) is 25.2 Å². The predicted octanol–water partition coefficient (Wildman–Crippen LogP) is 0.470. The molecule has 0 radical (unpaired) electrons. The van der Waals surface area contributed by atoms with Gasteiger partial charge in [-0.3, -0.25) is 0 Å². The van der Waals surface area contributed by atoms with Gasteiger partial charge in [0.25, 0.3) is 0 Å². The second-order valence-electron chi connectivity index (χ2n) is 3.23. The molecule has 0 unspecified atom stereocenters. The van der Waals surface area contributed by atoms with Crippen molar-refractivity contribution in [3.05, 3.63) is 11.9 Å². The molecule has 4 heteroatoms. The highest BCUT2D eigenvalue weighted by Gasteiger charge is 2.08. The first kappa shape index (κ1) is 10.1. The second kappa shape index (κ2) is 4.28. The van der Waals surface area contributed by atoms with Gasteiger partial charge in [-0.1, -0.05) is 0 Å². The van der Waals surface area contributed by atoms with Gasteiger partial charge in [0, 0.05) is 32.8 Å². The molecule has 0 aliphatic carbocycles. The van der Waals surface area contributed by atoms with Crippen LogP contribution >= 0.6 is 0 Å². The molecule has 1 aromatic rings. The minimum absolute atomic E-state index is 0.679. The molecule has 2 N–H and O–H groups in total. The molecule has 1 aromatic heterocycles. The molecule has 74 valence electrons. The van der Waals surface area contributed by atoms with Crippen LogP contribution in [0.3, 0.4) is 0 Å². The molecule has 13 heavy (non-hydrogen) atoms. The molecule has 4 nitrogen and oxygen atoms in total. The largest absolute Gasteiger partial charge is 0.348 e. The molecule has 0 aliphatic rings. The molecule has 0 bridgehead atoms. The maximum atomic E-state index is 5.51. The Hall–Kier alpha value is -1.03. The van der Waals surface area contributed by atoms with Crippen molar-refractivity contribution in [3.8, 4) is 0 Å². The van der Waals surface area contributed by atoms with E-state index >= 15 is 0 Å². The molecule has 0 aliphatic heterocycles. The zero-order valence-corrected chi connectivity index (χ0v) is 8.62. The van der Waals surface area contributed by atoms with E-state index in [2.05, 4.69) is 16.5 Å². The van der Waals surface area contributed by atoms with E-state index in [0.29, 0.717) is 6.54 Å². The molecule has 0 fully saturated rings. The van der Waals surface area contributed by atoms with Crippen LogP contribution < -0.4 is 10.6 Å². The fraction of sp³-hybridized carbons (Fsp3) is 0.667. The number of imidazole rings is 1. The van der Waals surface area contributed by atoms with Crippen LogP contribution in [-0.2, 0) is 13.0 Å². The van der Waals surface area contributed by atoms with E-state index in [0.717, 1.165) is 18.9 Å². The van der Waals surface area contributed by atoms with Gasteiger partial charge in [0.15, 0.2) is 0 Å². The van der Waals surface area contributed by atoms with Crippen LogP contribution in [0.25, 0.3) is 0 Å². The van der Waals surface area contributed by atoms with Gasteiger partial charge in [0.05, 0.1) is 6.20 Å². The minimum Gasteiger partial charge on any atom is -0.348 e. The number of nitrogens with two attached hydrogens (primary N) is 1. The SMILES string of the molecule is CCn1c(CCN)cnc1N(C)C. The highest BCUT2D eigenvalue weighted by atomic mass is 15.3. The van der Waals surface area contributed by atoms with E-state index in [4.69, 9.17) is 5.73 Å². The van der Waals surface area contributed by atoms with Crippen LogP contribution in [0.2, 0.25) is 0 Å². The smallest absolute Gasteiger partial charge is 0.205 e.